The first kappa shape index (κ1) is 21.2. The molecule has 2 aromatic rings. The fourth-order valence-corrected chi connectivity index (χ4v) is 2.40. The van der Waals surface area contributed by atoms with Gasteiger partial charge in [-0.25, -0.2) is 4.79 Å². The number of amides is 1. The summed E-state index contributed by atoms with van der Waals surface area (Å²) in [5.74, 6) is 0.112. The molecule has 0 spiro atoms. The van der Waals surface area contributed by atoms with E-state index in [0.29, 0.717) is 17.9 Å². The molecule has 1 N–H and O–H groups in total. The van der Waals surface area contributed by atoms with Crippen molar-refractivity contribution >= 4 is 23.6 Å². The van der Waals surface area contributed by atoms with Crippen LogP contribution in [0, 0.1) is 0 Å². The quantitative estimate of drug-likeness (QED) is 0.374. The Labute approximate surface area is 166 Å². The van der Waals surface area contributed by atoms with E-state index in [1.54, 1.807) is 44.2 Å². The van der Waals surface area contributed by atoms with Gasteiger partial charge < -0.3 is 14.8 Å². The van der Waals surface area contributed by atoms with Crippen LogP contribution in [0.2, 0.25) is 0 Å². The summed E-state index contributed by atoms with van der Waals surface area (Å²) in [6, 6.07) is 14.2. The predicted molar refractivity (Wildman–Crippen MR) is 112 cm³/mol. The van der Waals surface area contributed by atoms with Gasteiger partial charge in [-0.1, -0.05) is 31.5 Å². The minimum Gasteiger partial charge on any atom is -0.493 e. The summed E-state index contributed by atoms with van der Waals surface area (Å²) >= 11 is 0. The maximum absolute atomic E-state index is 12.2. The fraction of sp³-hybridized carbons (Fsp3) is 0.304. The van der Waals surface area contributed by atoms with E-state index in [9.17, 15) is 9.59 Å². The summed E-state index contributed by atoms with van der Waals surface area (Å²) in [4.78, 5) is 24.0. The van der Waals surface area contributed by atoms with Crippen LogP contribution >= 0.6 is 0 Å². The van der Waals surface area contributed by atoms with Crippen molar-refractivity contribution in [3.05, 3.63) is 65.7 Å². The fourth-order valence-electron chi connectivity index (χ4n) is 2.40. The smallest absolute Gasteiger partial charge is 0.338 e. The Kier molecular flexibility index (Phi) is 8.28. The highest BCUT2D eigenvalue weighted by atomic mass is 16.5. The maximum Gasteiger partial charge on any atom is 0.338 e. The van der Waals surface area contributed by atoms with Crippen molar-refractivity contribution in [2.45, 2.75) is 39.7 Å². The molecule has 0 aliphatic rings. The predicted octanol–water partition coefficient (Wildman–Crippen LogP) is 5.08. The Balaban J connectivity index is 1.96. The van der Waals surface area contributed by atoms with Crippen LogP contribution in [0.15, 0.2) is 54.6 Å². The number of para-hydroxylation sites is 1. The highest BCUT2D eigenvalue weighted by Gasteiger charge is 2.09. The second-order valence-corrected chi connectivity index (χ2v) is 6.59. The van der Waals surface area contributed by atoms with Gasteiger partial charge in [-0.15, -0.1) is 0 Å². The topological polar surface area (TPSA) is 64.6 Å². The van der Waals surface area contributed by atoms with Crippen molar-refractivity contribution in [3.8, 4) is 5.75 Å². The van der Waals surface area contributed by atoms with Crippen molar-refractivity contribution in [1.29, 1.82) is 0 Å². The number of hydrogen-bond donors (Lipinski definition) is 1. The van der Waals surface area contributed by atoms with Crippen molar-refractivity contribution < 1.29 is 19.1 Å². The Morgan fingerprint density at radius 1 is 1.07 bits per heavy atom. The van der Waals surface area contributed by atoms with Crippen LogP contribution in [-0.2, 0) is 9.53 Å². The first-order valence-corrected chi connectivity index (χ1v) is 9.51. The zero-order valence-electron chi connectivity index (χ0n) is 16.6. The molecule has 0 atom stereocenters. The molecule has 2 rings (SSSR count). The minimum absolute atomic E-state index is 0.175. The zero-order valence-corrected chi connectivity index (χ0v) is 16.6. The molecule has 0 aliphatic carbocycles. The Bertz CT molecular complexity index is 810. The van der Waals surface area contributed by atoms with Crippen LogP contribution in [0.3, 0.4) is 0 Å². The lowest BCUT2D eigenvalue weighted by Crippen LogP contribution is -2.12. The van der Waals surface area contributed by atoms with Gasteiger partial charge in [0.05, 0.1) is 18.3 Å². The lowest BCUT2D eigenvalue weighted by molar-refractivity contribution is -0.111. The standard InChI is InChI=1S/C23H27NO4/c1-4-5-16-27-21-9-7-6-8-18(21)12-15-22(25)24-20-13-10-19(11-14-20)23(26)28-17(2)3/h6-15,17H,4-5,16H2,1-3H3,(H,24,25)/b15-12+. The van der Waals surface area contributed by atoms with Gasteiger partial charge in [0.25, 0.3) is 0 Å². The third-order valence-electron chi connectivity index (χ3n) is 3.82. The van der Waals surface area contributed by atoms with Crippen molar-refractivity contribution in [2.24, 2.45) is 0 Å². The Hall–Kier alpha value is -3.08. The van der Waals surface area contributed by atoms with E-state index < -0.39 is 0 Å². The summed E-state index contributed by atoms with van der Waals surface area (Å²) < 4.78 is 10.9. The van der Waals surface area contributed by atoms with Crippen molar-refractivity contribution in [3.63, 3.8) is 0 Å². The Morgan fingerprint density at radius 3 is 2.46 bits per heavy atom. The van der Waals surface area contributed by atoms with Gasteiger partial charge in [0.2, 0.25) is 5.91 Å². The van der Waals surface area contributed by atoms with Crippen LogP contribution in [-0.4, -0.2) is 24.6 Å². The van der Waals surface area contributed by atoms with Crippen LogP contribution in [0.4, 0.5) is 5.69 Å². The third kappa shape index (κ3) is 6.91. The van der Waals surface area contributed by atoms with Gasteiger partial charge >= 0.3 is 5.97 Å². The molecule has 28 heavy (non-hydrogen) atoms. The number of benzene rings is 2. The zero-order chi connectivity index (χ0) is 20.4. The average Bonchev–Trinajstić information content (AvgIpc) is 2.67. The molecular formula is C23H27NO4. The molecule has 1 amide bonds. The summed E-state index contributed by atoms with van der Waals surface area (Å²) in [6.45, 7) is 6.36. The molecule has 0 unspecified atom stereocenters. The minimum atomic E-state index is -0.382. The molecule has 0 saturated heterocycles. The monoisotopic (exact) mass is 381 g/mol. The number of unbranched alkanes of at least 4 members (excludes halogenated alkanes) is 1. The van der Waals surface area contributed by atoms with Crippen LogP contribution < -0.4 is 10.1 Å². The van der Waals surface area contributed by atoms with Gasteiger partial charge in [-0.3, -0.25) is 4.79 Å². The van der Waals surface area contributed by atoms with E-state index in [1.165, 1.54) is 6.08 Å². The lowest BCUT2D eigenvalue weighted by Gasteiger charge is -2.09. The van der Waals surface area contributed by atoms with Gasteiger partial charge in [-0.05, 0) is 56.7 Å². The first-order chi connectivity index (χ1) is 13.5. The summed E-state index contributed by atoms with van der Waals surface area (Å²) in [7, 11) is 0. The number of carbonyl (C=O) groups excluding carboxylic acids is 2. The van der Waals surface area contributed by atoms with Gasteiger partial charge in [0.1, 0.15) is 5.75 Å². The third-order valence-corrected chi connectivity index (χ3v) is 3.82. The van der Waals surface area contributed by atoms with E-state index in [0.717, 1.165) is 24.2 Å². The molecule has 5 heteroatoms. The van der Waals surface area contributed by atoms with Crippen molar-refractivity contribution in [1.82, 2.24) is 0 Å². The molecule has 0 aliphatic heterocycles. The number of anilines is 1. The SMILES string of the molecule is CCCCOc1ccccc1/C=C/C(=O)Nc1ccc(C(=O)OC(C)C)cc1. The number of esters is 1. The number of carbonyl (C=O) groups is 2. The molecule has 2 aromatic carbocycles. The molecule has 0 bridgehead atoms. The number of hydrogen-bond acceptors (Lipinski definition) is 4. The van der Waals surface area contributed by atoms with Crippen LogP contribution in [0.1, 0.15) is 49.5 Å². The summed E-state index contributed by atoms with van der Waals surface area (Å²) in [5.41, 5.74) is 1.89. The Morgan fingerprint density at radius 2 is 1.79 bits per heavy atom. The summed E-state index contributed by atoms with van der Waals surface area (Å²) in [6.07, 6.45) is 5.06. The molecule has 0 radical (unpaired) electrons. The highest BCUT2D eigenvalue weighted by Crippen LogP contribution is 2.20. The normalized spacial score (nSPS) is 10.9. The highest BCUT2D eigenvalue weighted by molar-refractivity contribution is 6.02. The molecular weight excluding hydrogens is 354 g/mol. The van der Waals surface area contributed by atoms with E-state index >= 15 is 0 Å². The second-order valence-electron chi connectivity index (χ2n) is 6.59. The second kappa shape index (κ2) is 10.9. The largest absolute Gasteiger partial charge is 0.493 e. The van der Waals surface area contributed by atoms with Crippen LogP contribution in [0.5, 0.6) is 5.75 Å². The average molecular weight is 381 g/mol. The first-order valence-electron chi connectivity index (χ1n) is 9.51. The van der Waals surface area contributed by atoms with Crippen molar-refractivity contribution in [2.75, 3.05) is 11.9 Å². The molecule has 148 valence electrons. The van der Waals surface area contributed by atoms with Gasteiger partial charge in [0, 0.05) is 17.3 Å². The molecule has 0 fully saturated rings. The summed E-state index contributed by atoms with van der Waals surface area (Å²) in [5, 5.41) is 2.77. The molecule has 0 aromatic heterocycles. The molecule has 0 saturated carbocycles. The van der Waals surface area contributed by atoms with E-state index in [2.05, 4.69) is 12.2 Å². The number of rotatable bonds is 9. The molecule has 5 nitrogen and oxygen atoms in total. The molecule has 0 heterocycles. The van der Waals surface area contributed by atoms with Gasteiger partial charge in [0.15, 0.2) is 0 Å². The van der Waals surface area contributed by atoms with E-state index in [-0.39, 0.29) is 18.0 Å². The number of nitrogens with one attached hydrogen (secondary N) is 1. The lowest BCUT2D eigenvalue weighted by atomic mass is 10.2. The number of ether oxygens (including phenoxy) is 2. The maximum atomic E-state index is 12.2. The van der Waals surface area contributed by atoms with E-state index in [4.69, 9.17) is 9.47 Å². The van der Waals surface area contributed by atoms with Gasteiger partial charge in [-0.2, -0.15) is 0 Å². The van der Waals surface area contributed by atoms with E-state index in [1.807, 2.05) is 24.3 Å². The van der Waals surface area contributed by atoms with Crippen LogP contribution in [0.25, 0.3) is 6.08 Å².